The summed E-state index contributed by atoms with van der Waals surface area (Å²) in [5, 5.41) is 0. The molecule has 3 aliphatic carbocycles. The Balaban J connectivity index is 2.10. The molecule has 2 bridgehead atoms. The summed E-state index contributed by atoms with van der Waals surface area (Å²) >= 11 is 2.45. The van der Waals surface area contributed by atoms with Gasteiger partial charge in [-0.2, -0.15) is 0 Å². The van der Waals surface area contributed by atoms with Crippen molar-refractivity contribution >= 4 is 28.6 Å². The predicted octanol–water partition coefficient (Wildman–Crippen LogP) is 3.24. The molecule has 3 rings (SSSR count). The van der Waals surface area contributed by atoms with Crippen molar-refractivity contribution in [1.29, 1.82) is 0 Å². The minimum Gasteiger partial charge on any atom is -0.455 e. The SMILES string of the molecule is C=C(C)C(=O)OC12CCC(CC1)CC2I. The van der Waals surface area contributed by atoms with Crippen molar-refractivity contribution in [2.45, 2.75) is 48.6 Å². The van der Waals surface area contributed by atoms with E-state index in [4.69, 9.17) is 4.74 Å². The van der Waals surface area contributed by atoms with Gasteiger partial charge in [-0.15, -0.1) is 0 Å². The average Bonchev–Trinajstić information content (AvgIpc) is 2.20. The lowest BCUT2D eigenvalue weighted by Gasteiger charge is -2.49. The normalized spacial score (nSPS) is 38.8. The van der Waals surface area contributed by atoms with Crippen LogP contribution in [0.4, 0.5) is 0 Å². The highest BCUT2D eigenvalue weighted by molar-refractivity contribution is 14.1. The van der Waals surface area contributed by atoms with Crippen LogP contribution in [0.5, 0.6) is 0 Å². The predicted molar refractivity (Wildman–Crippen MR) is 68.0 cm³/mol. The van der Waals surface area contributed by atoms with Crippen molar-refractivity contribution in [3.63, 3.8) is 0 Å². The van der Waals surface area contributed by atoms with Gasteiger partial charge in [-0.3, -0.25) is 0 Å². The summed E-state index contributed by atoms with van der Waals surface area (Å²) in [5.41, 5.74) is 0.339. The molecule has 0 heterocycles. The molecule has 0 N–H and O–H groups in total. The summed E-state index contributed by atoms with van der Waals surface area (Å²) in [7, 11) is 0. The van der Waals surface area contributed by atoms with E-state index in [-0.39, 0.29) is 11.6 Å². The molecule has 84 valence electrons. The highest BCUT2D eigenvalue weighted by atomic mass is 127. The Hall–Kier alpha value is -0.0600. The third-order valence-electron chi connectivity index (χ3n) is 3.71. The molecule has 0 aromatic carbocycles. The maximum atomic E-state index is 11.6. The highest BCUT2D eigenvalue weighted by Gasteiger charge is 2.49. The van der Waals surface area contributed by atoms with Gasteiger partial charge in [0.05, 0.1) is 3.92 Å². The van der Waals surface area contributed by atoms with Gasteiger partial charge < -0.3 is 4.74 Å². The van der Waals surface area contributed by atoms with Gasteiger partial charge in [0, 0.05) is 5.57 Å². The van der Waals surface area contributed by atoms with Crippen molar-refractivity contribution in [3.05, 3.63) is 12.2 Å². The fraction of sp³-hybridized carbons (Fsp3) is 0.750. The van der Waals surface area contributed by atoms with Crippen LogP contribution in [-0.2, 0) is 9.53 Å². The van der Waals surface area contributed by atoms with Gasteiger partial charge in [0.15, 0.2) is 0 Å². The summed E-state index contributed by atoms with van der Waals surface area (Å²) < 4.78 is 6.19. The molecule has 3 heteroatoms. The van der Waals surface area contributed by atoms with E-state index >= 15 is 0 Å². The van der Waals surface area contributed by atoms with Gasteiger partial charge in [-0.25, -0.2) is 4.79 Å². The maximum Gasteiger partial charge on any atom is 0.333 e. The number of hydrogen-bond donors (Lipinski definition) is 0. The zero-order valence-corrected chi connectivity index (χ0v) is 11.2. The molecular formula is C12H17IO2. The average molecular weight is 320 g/mol. The number of ether oxygens (including phenoxy) is 1. The number of halogens is 1. The quantitative estimate of drug-likeness (QED) is 0.338. The second-order valence-corrected chi connectivity index (χ2v) is 6.38. The Kier molecular flexibility index (Phi) is 3.10. The van der Waals surface area contributed by atoms with Gasteiger partial charge >= 0.3 is 5.97 Å². The standard InChI is InChI=1S/C12H17IO2/c1-8(2)11(14)15-12-5-3-9(4-6-12)7-10(12)13/h9-10H,1,3-7H2,2H3. The Morgan fingerprint density at radius 1 is 1.47 bits per heavy atom. The Bertz CT molecular complexity index is 290. The van der Waals surface area contributed by atoms with Crippen molar-refractivity contribution in [1.82, 2.24) is 0 Å². The van der Waals surface area contributed by atoms with Crippen LogP contribution in [0.25, 0.3) is 0 Å². The van der Waals surface area contributed by atoms with Crippen LogP contribution in [0.1, 0.15) is 39.0 Å². The van der Waals surface area contributed by atoms with Crippen LogP contribution in [0.2, 0.25) is 0 Å². The van der Waals surface area contributed by atoms with Crippen LogP contribution in [-0.4, -0.2) is 15.5 Å². The van der Waals surface area contributed by atoms with E-state index in [2.05, 4.69) is 29.2 Å². The molecular weight excluding hydrogens is 303 g/mol. The molecule has 3 aliphatic rings. The maximum absolute atomic E-state index is 11.6. The van der Waals surface area contributed by atoms with Gasteiger partial charge in [0.1, 0.15) is 5.60 Å². The van der Waals surface area contributed by atoms with Crippen LogP contribution in [0, 0.1) is 5.92 Å². The van der Waals surface area contributed by atoms with Crippen LogP contribution >= 0.6 is 22.6 Å². The first-order chi connectivity index (χ1) is 7.03. The first kappa shape index (κ1) is 11.4. The first-order valence-corrected chi connectivity index (χ1v) is 6.81. The van der Waals surface area contributed by atoms with Crippen molar-refractivity contribution in [2.75, 3.05) is 0 Å². The highest BCUT2D eigenvalue weighted by Crippen LogP contribution is 2.49. The molecule has 0 radical (unpaired) electrons. The second kappa shape index (κ2) is 4.07. The molecule has 2 nitrogen and oxygen atoms in total. The molecule has 0 saturated heterocycles. The number of hydrogen-bond acceptors (Lipinski definition) is 2. The van der Waals surface area contributed by atoms with Crippen LogP contribution < -0.4 is 0 Å². The summed E-state index contributed by atoms with van der Waals surface area (Å²) in [4.78, 5) is 11.6. The molecule has 3 fully saturated rings. The van der Waals surface area contributed by atoms with E-state index in [1.165, 1.54) is 19.3 Å². The van der Waals surface area contributed by atoms with E-state index in [1.807, 2.05) is 0 Å². The lowest BCUT2D eigenvalue weighted by molar-refractivity contribution is -0.163. The van der Waals surface area contributed by atoms with Crippen molar-refractivity contribution < 1.29 is 9.53 Å². The number of fused-ring (bicyclic) bond motifs is 3. The molecule has 3 saturated carbocycles. The molecule has 0 aliphatic heterocycles. The molecule has 15 heavy (non-hydrogen) atoms. The smallest absolute Gasteiger partial charge is 0.333 e. The Morgan fingerprint density at radius 3 is 2.53 bits per heavy atom. The van der Waals surface area contributed by atoms with Gasteiger partial charge in [-0.1, -0.05) is 29.2 Å². The number of carbonyl (C=O) groups is 1. The monoisotopic (exact) mass is 320 g/mol. The van der Waals surface area contributed by atoms with Crippen molar-refractivity contribution in [3.8, 4) is 0 Å². The second-order valence-electron chi connectivity index (χ2n) is 4.88. The molecule has 0 spiro atoms. The minimum absolute atomic E-state index is 0.175. The summed E-state index contributed by atoms with van der Waals surface area (Å²) in [6.45, 7) is 5.36. The van der Waals surface area contributed by atoms with Gasteiger partial charge in [0.25, 0.3) is 0 Å². The molecule has 0 aromatic heterocycles. The van der Waals surface area contributed by atoms with Gasteiger partial charge in [0.2, 0.25) is 0 Å². The number of rotatable bonds is 2. The number of esters is 1. The summed E-state index contributed by atoms with van der Waals surface area (Å²) in [5.74, 6) is 0.661. The fourth-order valence-corrected chi connectivity index (χ4v) is 4.13. The fourth-order valence-electron chi connectivity index (χ4n) is 2.66. The van der Waals surface area contributed by atoms with Crippen LogP contribution in [0.3, 0.4) is 0 Å². The molecule has 1 unspecified atom stereocenters. The zero-order valence-electron chi connectivity index (χ0n) is 9.09. The molecule has 1 atom stereocenters. The minimum atomic E-state index is -0.211. The molecule has 0 amide bonds. The lowest BCUT2D eigenvalue weighted by atomic mass is 9.67. The van der Waals surface area contributed by atoms with Gasteiger partial charge in [-0.05, 0) is 44.9 Å². The third kappa shape index (κ3) is 2.08. The summed E-state index contributed by atoms with van der Waals surface area (Å²) in [6, 6.07) is 0. The van der Waals surface area contributed by atoms with E-state index in [0.29, 0.717) is 9.50 Å². The third-order valence-corrected chi connectivity index (χ3v) is 5.35. The molecule has 0 aromatic rings. The number of carbonyl (C=O) groups excluding carboxylic acids is 1. The first-order valence-electron chi connectivity index (χ1n) is 5.56. The number of alkyl halides is 1. The lowest BCUT2D eigenvalue weighted by Crippen LogP contribution is -2.51. The van der Waals surface area contributed by atoms with E-state index < -0.39 is 0 Å². The van der Waals surface area contributed by atoms with E-state index in [1.54, 1.807) is 6.92 Å². The van der Waals surface area contributed by atoms with Crippen molar-refractivity contribution in [2.24, 2.45) is 5.92 Å². The Labute approximate surface area is 105 Å². The zero-order chi connectivity index (χ0) is 11.1. The topological polar surface area (TPSA) is 26.3 Å². The Morgan fingerprint density at radius 2 is 2.07 bits per heavy atom. The largest absolute Gasteiger partial charge is 0.455 e. The summed E-state index contributed by atoms with van der Waals surface area (Å²) in [6.07, 6.45) is 5.75. The van der Waals surface area contributed by atoms with Crippen LogP contribution in [0.15, 0.2) is 12.2 Å². The van der Waals surface area contributed by atoms with E-state index in [9.17, 15) is 4.79 Å². The van der Waals surface area contributed by atoms with E-state index in [0.717, 1.165) is 18.8 Å².